The topological polar surface area (TPSA) is 102 Å². The average molecular weight is 306 g/mol. The van der Waals surface area contributed by atoms with Crippen molar-refractivity contribution in [1.29, 1.82) is 0 Å². The van der Waals surface area contributed by atoms with E-state index in [4.69, 9.17) is 0 Å². The number of benzene rings is 1. The van der Waals surface area contributed by atoms with Gasteiger partial charge in [-0.3, -0.25) is 9.59 Å². The van der Waals surface area contributed by atoms with Crippen molar-refractivity contribution in [3.8, 4) is 11.3 Å². The quantitative estimate of drug-likeness (QED) is 0.722. The maximum absolute atomic E-state index is 12.0. The zero-order chi connectivity index (χ0) is 15.4. The lowest BCUT2D eigenvalue weighted by molar-refractivity contribution is 0.0812. The van der Waals surface area contributed by atoms with Crippen LogP contribution >= 0.6 is 0 Å². The molecule has 0 saturated carbocycles. The van der Waals surface area contributed by atoms with Crippen LogP contribution in [-0.4, -0.2) is 52.8 Å². The first-order valence-corrected chi connectivity index (χ1v) is 7.32. The van der Waals surface area contributed by atoms with Gasteiger partial charge in [-0.15, -0.1) is 10.2 Å². The molecule has 0 aliphatic heterocycles. The van der Waals surface area contributed by atoms with Crippen molar-refractivity contribution in [2.75, 3.05) is 14.1 Å². The SMILES string of the molecule is CN(C)S(=O)(=O)n1nc2c(n1)-c1ccccc1C(=O)C2=O. The molecule has 0 atom stereocenters. The summed E-state index contributed by atoms with van der Waals surface area (Å²) in [6, 6.07) is 6.39. The van der Waals surface area contributed by atoms with Crippen molar-refractivity contribution in [3.63, 3.8) is 0 Å². The Bertz CT molecular complexity index is 882. The Kier molecular flexibility index (Phi) is 2.78. The van der Waals surface area contributed by atoms with Gasteiger partial charge in [0.1, 0.15) is 5.69 Å². The van der Waals surface area contributed by atoms with E-state index in [0.717, 1.165) is 4.31 Å². The number of carbonyl (C=O) groups is 2. The van der Waals surface area contributed by atoms with Crippen LogP contribution in [0.25, 0.3) is 11.3 Å². The monoisotopic (exact) mass is 306 g/mol. The van der Waals surface area contributed by atoms with E-state index in [1.54, 1.807) is 18.2 Å². The molecule has 0 radical (unpaired) electrons. The zero-order valence-electron chi connectivity index (χ0n) is 11.1. The fourth-order valence-corrected chi connectivity index (χ4v) is 2.65. The Morgan fingerprint density at radius 1 is 0.952 bits per heavy atom. The highest BCUT2D eigenvalue weighted by atomic mass is 32.2. The van der Waals surface area contributed by atoms with Crippen LogP contribution in [0.4, 0.5) is 0 Å². The molecule has 108 valence electrons. The molecule has 2 aromatic rings. The molecule has 1 aliphatic rings. The number of nitrogens with zero attached hydrogens (tertiary/aromatic N) is 4. The molecule has 8 nitrogen and oxygen atoms in total. The minimum atomic E-state index is -3.95. The van der Waals surface area contributed by atoms with Gasteiger partial charge in [0.05, 0.1) is 0 Å². The Morgan fingerprint density at radius 2 is 1.52 bits per heavy atom. The highest BCUT2D eigenvalue weighted by Gasteiger charge is 2.36. The average Bonchev–Trinajstić information content (AvgIpc) is 2.90. The van der Waals surface area contributed by atoms with Gasteiger partial charge in [-0.25, -0.2) is 0 Å². The van der Waals surface area contributed by atoms with Crippen LogP contribution in [0.3, 0.4) is 0 Å². The summed E-state index contributed by atoms with van der Waals surface area (Å²) in [5.74, 6) is -1.57. The molecule has 0 amide bonds. The van der Waals surface area contributed by atoms with E-state index in [1.165, 1.54) is 20.2 Å². The summed E-state index contributed by atoms with van der Waals surface area (Å²) in [7, 11) is -1.31. The first-order valence-electron chi connectivity index (χ1n) is 5.93. The van der Waals surface area contributed by atoms with Crippen molar-refractivity contribution in [3.05, 3.63) is 35.5 Å². The van der Waals surface area contributed by atoms with Crippen molar-refractivity contribution < 1.29 is 18.0 Å². The van der Waals surface area contributed by atoms with Crippen molar-refractivity contribution in [1.82, 2.24) is 18.7 Å². The van der Waals surface area contributed by atoms with Crippen molar-refractivity contribution in [2.45, 2.75) is 0 Å². The first kappa shape index (κ1) is 13.6. The van der Waals surface area contributed by atoms with E-state index in [1.807, 2.05) is 0 Å². The molecule has 21 heavy (non-hydrogen) atoms. The number of carbonyl (C=O) groups excluding carboxylic acids is 2. The number of hydrogen-bond donors (Lipinski definition) is 0. The molecule has 3 rings (SSSR count). The molecule has 9 heteroatoms. The molecular weight excluding hydrogens is 296 g/mol. The summed E-state index contributed by atoms with van der Waals surface area (Å²) in [5.41, 5.74) is 0.450. The predicted octanol–water partition coefficient (Wildman–Crippen LogP) is -0.0214. The van der Waals surface area contributed by atoms with Crippen LogP contribution in [0.1, 0.15) is 20.8 Å². The normalized spacial score (nSPS) is 14.2. The summed E-state index contributed by atoms with van der Waals surface area (Å²) < 4.78 is 25.4. The molecule has 0 spiro atoms. The maximum Gasteiger partial charge on any atom is 0.338 e. The van der Waals surface area contributed by atoms with Crippen LogP contribution in [-0.2, 0) is 10.2 Å². The number of ketones is 2. The molecule has 0 bridgehead atoms. The number of aromatic nitrogens is 3. The second-order valence-electron chi connectivity index (χ2n) is 4.61. The highest BCUT2D eigenvalue weighted by molar-refractivity contribution is 7.87. The summed E-state index contributed by atoms with van der Waals surface area (Å²) in [5, 5.41) is 7.55. The molecule has 0 saturated heterocycles. The zero-order valence-corrected chi connectivity index (χ0v) is 12.0. The smallest absolute Gasteiger partial charge is 0.285 e. The lowest BCUT2D eigenvalue weighted by atomic mass is 9.90. The minimum absolute atomic E-state index is 0.0978. The third kappa shape index (κ3) is 1.82. The molecule has 1 aromatic carbocycles. The summed E-state index contributed by atoms with van der Waals surface area (Å²) >= 11 is 0. The Balaban J connectivity index is 2.30. The molecule has 1 aliphatic carbocycles. The van der Waals surface area contributed by atoms with Gasteiger partial charge in [-0.2, -0.15) is 12.7 Å². The van der Waals surface area contributed by atoms with Crippen molar-refractivity contribution in [2.24, 2.45) is 0 Å². The van der Waals surface area contributed by atoms with Gasteiger partial charge >= 0.3 is 10.2 Å². The van der Waals surface area contributed by atoms with Gasteiger partial charge in [0.25, 0.3) is 5.78 Å². The lowest BCUT2D eigenvalue weighted by Crippen LogP contribution is -2.30. The highest BCUT2D eigenvalue weighted by Crippen LogP contribution is 2.30. The van der Waals surface area contributed by atoms with Gasteiger partial charge < -0.3 is 0 Å². The second-order valence-corrected chi connectivity index (χ2v) is 6.57. The number of rotatable bonds is 2. The van der Waals surface area contributed by atoms with E-state index in [0.29, 0.717) is 9.77 Å². The largest absolute Gasteiger partial charge is 0.338 e. The number of fused-ring (bicyclic) bond motifs is 3. The van der Waals surface area contributed by atoms with Crippen LogP contribution in [0.5, 0.6) is 0 Å². The maximum atomic E-state index is 12.0. The molecule has 0 unspecified atom stereocenters. The first-order chi connectivity index (χ1) is 9.84. The third-order valence-electron chi connectivity index (χ3n) is 3.11. The summed E-state index contributed by atoms with van der Waals surface area (Å²) in [6.07, 6.45) is 0. The number of hydrogen-bond acceptors (Lipinski definition) is 6. The van der Waals surface area contributed by atoms with Crippen molar-refractivity contribution >= 4 is 21.8 Å². The standard InChI is InChI=1S/C12H10N4O4S/c1-15(2)21(19,20)16-13-9-7-5-3-4-6-8(7)11(17)12(18)10(9)14-16/h3-6H,1-2H3. The fourth-order valence-electron chi connectivity index (χ4n) is 1.99. The number of Topliss-reactive ketones (excluding diaryl/α,β-unsaturated/α-hetero) is 2. The molecule has 1 aromatic heterocycles. The van der Waals surface area contributed by atoms with Gasteiger partial charge in [0.2, 0.25) is 5.78 Å². The Morgan fingerprint density at radius 3 is 2.14 bits per heavy atom. The van der Waals surface area contributed by atoms with Gasteiger partial charge in [-0.1, -0.05) is 28.5 Å². The van der Waals surface area contributed by atoms with E-state index in [2.05, 4.69) is 10.2 Å². The van der Waals surface area contributed by atoms with Gasteiger partial charge in [0.15, 0.2) is 5.69 Å². The fraction of sp³-hybridized carbons (Fsp3) is 0.167. The van der Waals surface area contributed by atoms with E-state index in [9.17, 15) is 18.0 Å². The lowest BCUT2D eigenvalue weighted by Gasteiger charge is -2.10. The van der Waals surface area contributed by atoms with Gasteiger partial charge in [-0.05, 0) is 0 Å². The van der Waals surface area contributed by atoms with Crippen LogP contribution in [0.2, 0.25) is 0 Å². The second kappa shape index (κ2) is 4.30. The summed E-state index contributed by atoms with van der Waals surface area (Å²) in [4.78, 5) is 24.0. The molecule has 0 N–H and O–H groups in total. The molecule has 1 heterocycles. The predicted molar refractivity (Wildman–Crippen MR) is 72.1 cm³/mol. The Hall–Kier alpha value is -2.39. The summed E-state index contributed by atoms with van der Waals surface area (Å²) in [6.45, 7) is 0. The van der Waals surface area contributed by atoms with Crippen LogP contribution < -0.4 is 0 Å². The van der Waals surface area contributed by atoms with Gasteiger partial charge in [0, 0.05) is 25.2 Å². The van der Waals surface area contributed by atoms with E-state index in [-0.39, 0.29) is 17.0 Å². The van der Waals surface area contributed by atoms with E-state index >= 15 is 0 Å². The van der Waals surface area contributed by atoms with Crippen LogP contribution in [0, 0.1) is 0 Å². The third-order valence-corrected chi connectivity index (χ3v) is 4.61. The molecule has 0 fully saturated rings. The Labute approximate surface area is 120 Å². The minimum Gasteiger partial charge on any atom is -0.285 e. The van der Waals surface area contributed by atoms with Crippen LogP contribution in [0.15, 0.2) is 24.3 Å². The molecular formula is C12H10N4O4S. The van der Waals surface area contributed by atoms with E-state index < -0.39 is 21.8 Å².